The summed E-state index contributed by atoms with van der Waals surface area (Å²) in [6, 6.07) is 10.5. The Balaban J connectivity index is 1.59. The fourth-order valence-electron chi connectivity index (χ4n) is 4.34. The number of benzene rings is 2. The number of nitrogens with zero attached hydrogens (tertiary/aromatic N) is 4. The van der Waals surface area contributed by atoms with Gasteiger partial charge in [0.05, 0.1) is 48.1 Å². The van der Waals surface area contributed by atoms with Crippen LogP contribution >= 0.6 is 11.3 Å². The smallest absolute Gasteiger partial charge is 0.270 e. The Hall–Kier alpha value is -3.96. The summed E-state index contributed by atoms with van der Waals surface area (Å²) in [4.78, 5) is 22.9. The summed E-state index contributed by atoms with van der Waals surface area (Å²) >= 11 is 1.46. The molecule has 4 aromatic rings. The number of rotatable bonds is 9. The fourth-order valence-corrected chi connectivity index (χ4v) is 5.26. The van der Waals surface area contributed by atoms with Crippen molar-refractivity contribution in [1.82, 2.24) is 9.97 Å². The maximum Gasteiger partial charge on any atom is 0.270 e. The minimum atomic E-state index is -0.395. The number of morpholine rings is 1. The van der Waals surface area contributed by atoms with Crippen LogP contribution in [0.3, 0.4) is 0 Å². The number of hydrogen-bond donors (Lipinski definition) is 1. The number of hydrogen-bond acceptors (Lipinski definition) is 10. The van der Waals surface area contributed by atoms with Gasteiger partial charge in [0.2, 0.25) is 0 Å². The average Bonchev–Trinajstić information content (AvgIpc) is 3.36. The third-order valence-corrected chi connectivity index (χ3v) is 6.89. The first-order valence-corrected chi connectivity index (χ1v) is 13.0. The fraction of sp³-hybridized carbons (Fsp3) is 0.308. The Labute approximate surface area is 218 Å². The molecule has 0 atom stereocenters. The molecule has 0 saturated carbocycles. The van der Waals surface area contributed by atoms with E-state index in [1.165, 1.54) is 23.7 Å². The topological polar surface area (TPSA) is 112 Å². The molecule has 10 nitrogen and oxygen atoms in total. The van der Waals surface area contributed by atoms with Crippen LogP contribution in [0.1, 0.15) is 13.8 Å². The number of fused-ring (bicyclic) bond motifs is 1. The summed E-state index contributed by atoms with van der Waals surface area (Å²) < 4.78 is 17.6. The van der Waals surface area contributed by atoms with E-state index in [-0.39, 0.29) is 5.69 Å². The maximum absolute atomic E-state index is 11.4. The van der Waals surface area contributed by atoms with Gasteiger partial charge < -0.3 is 24.4 Å². The molecule has 1 N–H and O–H groups in total. The third-order valence-electron chi connectivity index (χ3n) is 6.00. The van der Waals surface area contributed by atoms with Crippen molar-refractivity contribution in [2.75, 3.05) is 49.7 Å². The molecule has 0 spiro atoms. The zero-order valence-corrected chi connectivity index (χ0v) is 21.4. The molecule has 192 valence electrons. The van der Waals surface area contributed by atoms with Gasteiger partial charge in [-0.15, -0.1) is 11.3 Å². The molecule has 0 radical (unpaired) electrons. The van der Waals surface area contributed by atoms with E-state index in [0.29, 0.717) is 43.7 Å². The van der Waals surface area contributed by atoms with Crippen LogP contribution in [0.5, 0.6) is 11.5 Å². The van der Waals surface area contributed by atoms with Gasteiger partial charge in [-0.3, -0.25) is 10.1 Å². The zero-order valence-electron chi connectivity index (χ0n) is 20.6. The number of anilines is 3. The van der Waals surface area contributed by atoms with Gasteiger partial charge in [-0.2, -0.15) is 0 Å². The quantitative estimate of drug-likeness (QED) is 0.221. The normalized spacial score (nSPS) is 13.5. The van der Waals surface area contributed by atoms with E-state index in [1.54, 1.807) is 12.1 Å². The van der Waals surface area contributed by atoms with Gasteiger partial charge in [-0.05, 0) is 19.4 Å². The SMILES string of the molecule is CCOc1cc(N2CCOCC2)c(OCC)cc1Nc1ncnc2scc(-c3cccc([N+](=O)[O-])c3)c12. The van der Waals surface area contributed by atoms with Crippen molar-refractivity contribution in [2.45, 2.75) is 13.8 Å². The maximum atomic E-state index is 11.4. The van der Waals surface area contributed by atoms with Crippen LogP contribution in [0.15, 0.2) is 48.1 Å². The molecule has 0 bridgehead atoms. The third kappa shape index (κ3) is 5.13. The van der Waals surface area contributed by atoms with Crippen LogP contribution < -0.4 is 19.7 Å². The van der Waals surface area contributed by atoms with Crippen LogP contribution in [0.2, 0.25) is 0 Å². The molecule has 0 amide bonds. The second-order valence-electron chi connectivity index (χ2n) is 8.27. The van der Waals surface area contributed by atoms with Gasteiger partial charge >= 0.3 is 0 Å². The van der Waals surface area contributed by atoms with E-state index in [2.05, 4.69) is 20.2 Å². The zero-order chi connectivity index (χ0) is 25.8. The van der Waals surface area contributed by atoms with Gasteiger partial charge in [0.15, 0.2) is 0 Å². The van der Waals surface area contributed by atoms with Gasteiger partial charge in [0, 0.05) is 48.3 Å². The summed E-state index contributed by atoms with van der Waals surface area (Å²) in [5, 5.41) is 17.5. The predicted octanol–water partition coefficient (Wildman–Crippen LogP) is 5.64. The molecule has 0 aliphatic carbocycles. The summed E-state index contributed by atoms with van der Waals surface area (Å²) in [7, 11) is 0. The molecule has 11 heteroatoms. The molecule has 1 aliphatic rings. The molecule has 1 aliphatic heterocycles. The van der Waals surface area contributed by atoms with Crippen molar-refractivity contribution < 1.29 is 19.1 Å². The van der Waals surface area contributed by atoms with Crippen LogP contribution in [0, 0.1) is 10.1 Å². The van der Waals surface area contributed by atoms with Crippen molar-refractivity contribution in [1.29, 1.82) is 0 Å². The number of ether oxygens (including phenoxy) is 3. The molecule has 2 aromatic heterocycles. The largest absolute Gasteiger partial charge is 0.492 e. The Bertz CT molecular complexity index is 1420. The number of nitrogens with one attached hydrogen (secondary N) is 1. The molecule has 3 heterocycles. The van der Waals surface area contributed by atoms with Gasteiger partial charge in [0.1, 0.15) is 28.5 Å². The molecule has 1 fully saturated rings. The lowest BCUT2D eigenvalue weighted by molar-refractivity contribution is -0.384. The van der Waals surface area contributed by atoms with Crippen molar-refractivity contribution in [3.63, 3.8) is 0 Å². The summed E-state index contributed by atoms with van der Waals surface area (Å²) in [5.74, 6) is 1.99. The molecule has 2 aromatic carbocycles. The lowest BCUT2D eigenvalue weighted by Crippen LogP contribution is -2.36. The highest BCUT2D eigenvalue weighted by molar-refractivity contribution is 7.17. The van der Waals surface area contributed by atoms with Gasteiger partial charge in [0.25, 0.3) is 5.69 Å². The van der Waals surface area contributed by atoms with E-state index >= 15 is 0 Å². The first-order valence-electron chi connectivity index (χ1n) is 12.1. The van der Waals surface area contributed by atoms with Gasteiger partial charge in [-0.25, -0.2) is 9.97 Å². The summed E-state index contributed by atoms with van der Waals surface area (Å²) in [6.45, 7) is 7.76. The van der Waals surface area contributed by atoms with Gasteiger partial charge in [-0.1, -0.05) is 12.1 Å². The summed E-state index contributed by atoms with van der Waals surface area (Å²) in [6.07, 6.45) is 1.50. The first kappa shape index (κ1) is 24.7. The Morgan fingerprint density at radius 3 is 2.65 bits per heavy atom. The van der Waals surface area contributed by atoms with E-state index in [0.717, 1.165) is 45.9 Å². The number of aromatic nitrogens is 2. The predicted molar refractivity (Wildman–Crippen MR) is 145 cm³/mol. The van der Waals surface area contributed by atoms with E-state index in [1.807, 2.05) is 37.4 Å². The monoisotopic (exact) mass is 521 g/mol. The Kier molecular flexibility index (Phi) is 7.33. The highest BCUT2D eigenvalue weighted by Gasteiger charge is 2.21. The molecular weight excluding hydrogens is 494 g/mol. The van der Waals surface area contributed by atoms with E-state index in [9.17, 15) is 10.1 Å². The van der Waals surface area contributed by atoms with Crippen LogP contribution in [-0.2, 0) is 4.74 Å². The van der Waals surface area contributed by atoms with Crippen LogP contribution in [0.4, 0.5) is 22.9 Å². The molecule has 0 unspecified atom stereocenters. The number of nitro benzene ring substituents is 1. The van der Waals surface area contributed by atoms with E-state index < -0.39 is 4.92 Å². The second-order valence-corrected chi connectivity index (χ2v) is 9.12. The summed E-state index contributed by atoms with van der Waals surface area (Å²) in [5.41, 5.74) is 3.24. The van der Waals surface area contributed by atoms with Crippen molar-refractivity contribution >= 4 is 44.4 Å². The second kappa shape index (κ2) is 11.0. The Morgan fingerprint density at radius 2 is 1.89 bits per heavy atom. The molecule has 1 saturated heterocycles. The van der Waals surface area contributed by atoms with Crippen molar-refractivity contribution in [2.24, 2.45) is 0 Å². The lowest BCUT2D eigenvalue weighted by atomic mass is 10.1. The highest BCUT2D eigenvalue weighted by Crippen LogP contribution is 2.43. The number of non-ortho nitro benzene ring substituents is 1. The molecule has 37 heavy (non-hydrogen) atoms. The molecule has 5 rings (SSSR count). The van der Waals surface area contributed by atoms with E-state index in [4.69, 9.17) is 14.2 Å². The minimum Gasteiger partial charge on any atom is -0.492 e. The highest BCUT2D eigenvalue weighted by atomic mass is 32.1. The van der Waals surface area contributed by atoms with Crippen molar-refractivity contribution in [3.05, 3.63) is 58.2 Å². The standard InChI is InChI=1S/C26H27N5O5S/c1-3-35-22-14-21(30-8-10-34-11-9-30)23(36-4-2)13-20(22)29-25-24-19(15-37-26(24)28-16-27-25)17-6-5-7-18(12-17)31(32)33/h5-7,12-16H,3-4,8-11H2,1-2H3,(H,27,28,29). The number of nitro groups is 1. The Morgan fingerprint density at radius 1 is 1.11 bits per heavy atom. The van der Waals surface area contributed by atoms with Crippen molar-refractivity contribution in [3.8, 4) is 22.6 Å². The van der Waals surface area contributed by atoms with Crippen LogP contribution in [-0.4, -0.2) is 54.4 Å². The molecular formula is C26H27N5O5S. The number of thiophene rings is 1. The first-order chi connectivity index (χ1) is 18.1. The van der Waals surface area contributed by atoms with Crippen LogP contribution in [0.25, 0.3) is 21.3 Å². The average molecular weight is 522 g/mol. The minimum absolute atomic E-state index is 0.0295. The lowest BCUT2D eigenvalue weighted by Gasteiger charge is -2.31.